The predicted octanol–water partition coefficient (Wildman–Crippen LogP) is 4.18. The van der Waals surface area contributed by atoms with Gasteiger partial charge in [-0.2, -0.15) is 0 Å². The summed E-state index contributed by atoms with van der Waals surface area (Å²) in [6, 6.07) is 4.85. The highest BCUT2D eigenvalue weighted by atomic mass is 35.5. The Morgan fingerprint density at radius 1 is 0.867 bits per heavy atom. The van der Waals surface area contributed by atoms with Crippen molar-refractivity contribution in [3.8, 4) is 0 Å². The van der Waals surface area contributed by atoms with Crippen LogP contribution in [-0.2, 0) is 19.3 Å². The first kappa shape index (κ1) is 9.72. The molecule has 1 aromatic rings. The standard InChI is InChI=1S/C14H17Cl/c15-14-7-3-6-12-8-10-4-1-2-5-11(10)9-13(12)14/h8-9,14H,1-7H2. The van der Waals surface area contributed by atoms with Gasteiger partial charge < -0.3 is 0 Å². The zero-order chi connectivity index (χ0) is 10.3. The Kier molecular flexibility index (Phi) is 2.48. The van der Waals surface area contributed by atoms with Gasteiger partial charge in [0.15, 0.2) is 0 Å². The molecular formula is C14H17Cl. The van der Waals surface area contributed by atoms with Crippen LogP contribution in [0.5, 0.6) is 0 Å². The van der Waals surface area contributed by atoms with Crippen molar-refractivity contribution in [2.75, 3.05) is 0 Å². The van der Waals surface area contributed by atoms with Crippen molar-refractivity contribution in [3.63, 3.8) is 0 Å². The number of rotatable bonds is 0. The maximum atomic E-state index is 6.39. The Balaban J connectivity index is 2.08. The molecule has 1 unspecified atom stereocenters. The summed E-state index contributed by atoms with van der Waals surface area (Å²) < 4.78 is 0. The molecule has 0 N–H and O–H groups in total. The van der Waals surface area contributed by atoms with E-state index in [1.807, 2.05) is 0 Å². The highest BCUT2D eigenvalue weighted by Crippen LogP contribution is 2.37. The second-order valence-electron chi connectivity index (χ2n) is 4.89. The molecule has 2 aliphatic carbocycles. The van der Waals surface area contributed by atoms with Crippen LogP contribution in [0.15, 0.2) is 12.1 Å². The number of halogens is 1. The molecule has 0 bridgehead atoms. The summed E-state index contributed by atoms with van der Waals surface area (Å²) >= 11 is 6.39. The molecule has 15 heavy (non-hydrogen) atoms. The van der Waals surface area contributed by atoms with Crippen LogP contribution in [-0.4, -0.2) is 0 Å². The highest BCUT2D eigenvalue weighted by Gasteiger charge is 2.21. The maximum Gasteiger partial charge on any atom is 0.0588 e. The molecule has 1 aromatic carbocycles. The van der Waals surface area contributed by atoms with Gasteiger partial charge in [-0.15, -0.1) is 11.6 Å². The van der Waals surface area contributed by atoms with Crippen molar-refractivity contribution in [2.24, 2.45) is 0 Å². The first-order chi connectivity index (χ1) is 7.34. The van der Waals surface area contributed by atoms with E-state index in [0.29, 0.717) is 0 Å². The molecule has 1 atom stereocenters. The van der Waals surface area contributed by atoms with Crippen LogP contribution < -0.4 is 0 Å². The third-order valence-corrected chi connectivity index (χ3v) is 4.30. The molecule has 0 radical (unpaired) electrons. The van der Waals surface area contributed by atoms with Crippen molar-refractivity contribution in [1.82, 2.24) is 0 Å². The third kappa shape index (κ3) is 1.69. The molecule has 0 aromatic heterocycles. The molecule has 0 nitrogen and oxygen atoms in total. The lowest BCUT2D eigenvalue weighted by molar-refractivity contribution is 0.648. The first-order valence-electron chi connectivity index (χ1n) is 6.13. The van der Waals surface area contributed by atoms with Gasteiger partial charge in [-0.1, -0.05) is 12.1 Å². The Morgan fingerprint density at radius 3 is 2.33 bits per heavy atom. The quantitative estimate of drug-likeness (QED) is 0.576. The second-order valence-corrected chi connectivity index (χ2v) is 5.41. The average molecular weight is 221 g/mol. The van der Waals surface area contributed by atoms with E-state index in [1.54, 1.807) is 11.1 Å². The fourth-order valence-electron chi connectivity index (χ4n) is 2.99. The van der Waals surface area contributed by atoms with Gasteiger partial charge >= 0.3 is 0 Å². The number of fused-ring (bicyclic) bond motifs is 2. The van der Waals surface area contributed by atoms with Crippen molar-refractivity contribution in [2.45, 2.75) is 50.3 Å². The van der Waals surface area contributed by atoms with Gasteiger partial charge in [-0.05, 0) is 67.2 Å². The molecule has 1 heteroatoms. The topological polar surface area (TPSA) is 0 Å². The van der Waals surface area contributed by atoms with E-state index in [1.165, 1.54) is 49.7 Å². The Hall–Kier alpha value is -0.490. The summed E-state index contributed by atoms with van der Waals surface area (Å²) in [7, 11) is 0. The van der Waals surface area contributed by atoms with Gasteiger partial charge in [0.2, 0.25) is 0 Å². The zero-order valence-corrected chi connectivity index (χ0v) is 9.82. The third-order valence-electron chi connectivity index (χ3n) is 3.84. The summed E-state index contributed by atoms with van der Waals surface area (Å²) in [5.74, 6) is 0. The van der Waals surface area contributed by atoms with E-state index in [-0.39, 0.29) is 5.38 Å². The van der Waals surface area contributed by atoms with Crippen molar-refractivity contribution >= 4 is 11.6 Å². The molecule has 2 aliphatic rings. The van der Waals surface area contributed by atoms with E-state index >= 15 is 0 Å². The molecule has 0 aliphatic heterocycles. The van der Waals surface area contributed by atoms with Gasteiger partial charge in [-0.3, -0.25) is 0 Å². The number of hydrogen-bond acceptors (Lipinski definition) is 0. The van der Waals surface area contributed by atoms with Crippen molar-refractivity contribution < 1.29 is 0 Å². The van der Waals surface area contributed by atoms with Crippen molar-refractivity contribution in [1.29, 1.82) is 0 Å². The normalized spacial score (nSPS) is 24.5. The Bertz CT molecular complexity index is 381. The SMILES string of the molecule is ClC1CCCc2cc3c(cc21)CCCC3. The number of aryl methyl sites for hydroxylation is 3. The predicted molar refractivity (Wildman–Crippen MR) is 64.6 cm³/mol. The minimum Gasteiger partial charge on any atom is -0.118 e. The van der Waals surface area contributed by atoms with Gasteiger partial charge in [0, 0.05) is 0 Å². The molecule has 0 amide bonds. The molecule has 0 spiro atoms. The maximum absolute atomic E-state index is 6.39. The molecular weight excluding hydrogens is 204 g/mol. The van der Waals surface area contributed by atoms with Crippen LogP contribution in [0.2, 0.25) is 0 Å². The average Bonchev–Trinajstić information content (AvgIpc) is 2.27. The van der Waals surface area contributed by atoms with Crippen LogP contribution in [0.4, 0.5) is 0 Å². The van der Waals surface area contributed by atoms with E-state index in [9.17, 15) is 0 Å². The smallest absolute Gasteiger partial charge is 0.0588 e. The summed E-state index contributed by atoms with van der Waals surface area (Å²) in [6.07, 6.45) is 8.95. The molecule has 80 valence electrons. The molecule has 0 saturated heterocycles. The van der Waals surface area contributed by atoms with Crippen LogP contribution in [0.25, 0.3) is 0 Å². The van der Waals surface area contributed by atoms with Crippen molar-refractivity contribution in [3.05, 3.63) is 34.4 Å². The molecule has 0 fully saturated rings. The lowest BCUT2D eigenvalue weighted by Gasteiger charge is -2.25. The summed E-state index contributed by atoms with van der Waals surface area (Å²) in [6.45, 7) is 0. The van der Waals surface area contributed by atoms with E-state index in [2.05, 4.69) is 12.1 Å². The number of benzene rings is 1. The van der Waals surface area contributed by atoms with E-state index in [0.717, 1.165) is 6.42 Å². The minimum atomic E-state index is 0.279. The van der Waals surface area contributed by atoms with Crippen LogP contribution in [0, 0.1) is 0 Å². The van der Waals surface area contributed by atoms with Gasteiger partial charge in [0.25, 0.3) is 0 Å². The van der Waals surface area contributed by atoms with E-state index < -0.39 is 0 Å². The highest BCUT2D eigenvalue weighted by molar-refractivity contribution is 6.21. The first-order valence-corrected chi connectivity index (χ1v) is 6.57. The number of alkyl halides is 1. The van der Waals surface area contributed by atoms with Crippen LogP contribution >= 0.6 is 11.6 Å². The minimum absolute atomic E-state index is 0.279. The molecule has 3 rings (SSSR count). The van der Waals surface area contributed by atoms with Crippen LogP contribution in [0.1, 0.15) is 53.3 Å². The molecule has 0 saturated carbocycles. The Morgan fingerprint density at radius 2 is 1.53 bits per heavy atom. The second kappa shape index (κ2) is 3.83. The number of hydrogen-bond donors (Lipinski definition) is 0. The van der Waals surface area contributed by atoms with Gasteiger partial charge in [-0.25, -0.2) is 0 Å². The van der Waals surface area contributed by atoms with Crippen LogP contribution in [0.3, 0.4) is 0 Å². The summed E-state index contributed by atoms with van der Waals surface area (Å²) in [5, 5.41) is 0.279. The lowest BCUT2D eigenvalue weighted by Crippen LogP contribution is -2.10. The fourth-order valence-corrected chi connectivity index (χ4v) is 3.35. The molecule has 0 heterocycles. The van der Waals surface area contributed by atoms with Gasteiger partial charge in [0.05, 0.1) is 5.38 Å². The summed E-state index contributed by atoms with van der Waals surface area (Å²) in [4.78, 5) is 0. The largest absolute Gasteiger partial charge is 0.118 e. The monoisotopic (exact) mass is 220 g/mol. The zero-order valence-electron chi connectivity index (χ0n) is 9.06. The van der Waals surface area contributed by atoms with Gasteiger partial charge in [0.1, 0.15) is 0 Å². The van der Waals surface area contributed by atoms with E-state index in [4.69, 9.17) is 11.6 Å². The Labute approximate surface area is 96.6 Å². The fraction of sp³-hybridized carbons (Fsp3) is 0.571. The summed E-state index contributed by atoms with van der Waals surface area (Å²) in [5.41, 5.74) is 6.14. The lowest BCUT2D eigenvalue weighted by atomic mass is 9.83.